The van der Waals surface area contributed by atoms with Crippen LogP contribution in [0.2, 0.25) is 0 Å². The Morgan fingerprint density at radius 1 is 1.00 bits per heavy atom. The Bertz CT molecular complexity index is 714. The van der Waals surface area contributed by atoms with Crippen LogP contribution in [0.1, 0.15) is 25.3 Å². The zero-order valence-corrected chi connectivity index (χ0v) is 12.3. The van der Waals surface area contributed by atoms with E-state index < -0.39 is 0 Å². The predicted molar refractivity (Wildman–Crippen MR) is 87.4 cm³/mol. The summed E-state index contributed by atoms with van der Waals surface area (Å²) in [4.78, 5) is 4.41. The van der Waals surface area contributed by atoms with Gasteiger partial charge in [0, 0.05) is 23.8 Å². The van der Waals surface area contributed by atoms with E-state index in [1.165, 1.54) is 5.56 Å². The van der Waals surface area contributed by atoms with Crippen LogP contribution in [-0.2, 0) is 0 Å². The second-order valence-electron chi connectivity index (χ2n) is 5.36. The monoisotopic (exact) mass is 277 g/mol. The Labute approximate surface area is 125 Å². The van der Waals surface area contributed by atoms with Gasteiger partial charge >= 0.3 is 0 Å². The maximum atomic E-state index is 4.41. The van der Waals surface area contributed by atoms with Gasteiger partial charge in [0.25, 0.3) is 0 Å². The minimum Gasteiger partial charge on any atom is -0.325 e. The summed E-state index contributed by atoms with van der Waals surface area (Å²) in [6.07, 6.45) is 3.77. The molecule has 0 spiro atoms. The molecule has 0 atom stereocenters. The van der Waals surface area contributed by atoms with E-state index in [4.69, 9.17) is 0 Å². The van der Waals surface area contributed by atoms with Gasteiger partial charge in [-0.15, -0.1) is 0 Å². The van der Waals surface area contributed by atoms with E-state index in [2.05, 4.69) is 60.5 Å². The van der Waals surface area contributed by atoms with Crippen LogP contribution >= 0.6 is 0 Å². The topological polar surface area (TPSA) is 29.9 Å². The summed E-state index contributed by atoms with van der Waals surface area (Å²) in [6.45, 7) is 4.40. The van der Waals surface area contributed by atoms with Gasteiger partial charge in [0.05, 0.1) is 0 Å². The molecule has 21 heavy (non-hydrogen) atoms. The number of para-hydroxylation sites is 1. The summed E-state index contributed by atoms with van der Waals surface area (Å²) in [5.41, 5.74) is 3.47. The van der Waals surface area contributed by atoms with Crippen LogP contribution < -0.4 is 5.32 Å². The summed E-state index contributed by atoms with van der Waals surface area (Å²) in [5.74, 6) is 1.34. The summed E-state index contributed by atoms with van der Waals surface area (Å²) in [6, 6.07) is 18.7. The molecule has 3 heteroatoms. The van der Waals surface area contributed by atoms with Gasteiger partial charge in [0.1, 0.15) is 0 Å². The Kier molecular flexibility index (Phi) is 3.73. The smallest absolute Gasteiger partial charge is 0.212 e. The molecule has 3 rings (SSSR count). The van der Waals surface area contributed by atoms with Gasteiger partial charge in [-0.05, 0) is 35.7 Å². The molecule has 3 nitrogen and oxygen atoms in total. The molecule has 0 bridgehead atoms. The number of anilines is 2. The van der Waals surface area contributed by atoms with Crippen LogP contribution in [0, 0.1) is 0 Å². The lowest BCUT2D eigenvalue weighted by molar-refractivity contribution is 0.867. The molecule has 0 unspecified atom stereocenters. The first-order chi connectivity index (χ1) is 10.2. The lowest BCUT2D eigenvalue weighted by Gasteiger charge is -2.12. The van der Waals surface area contributed by atoms with E-state index in [-0.39, 0.29) is 0 Å². The maximum absolute atomic E-state index is 4.41. The highest BCUT2D eigenvalue weighted by Crippen LogP contribution is 2.22. The fraction of sp³-hybridized carbons (Fsp3) is 0.167. The van der Waals surface area contributed by atoms with Gasteiger partial charge in [-0.1, -0.05) is 44.2 Å². The summed E-state index contributed by atoms with van der Waals surface area (Å²) in [5, 5.41) is 3.40. The molecule has 0 aliphatic carbocycles. The van der Waals surface area contributed by atoms with Crippen LogP contribution in [0.5, 0.6) is 0 Å². The number of hydrogen-bond acceptors (Lipinski definition) is 2. The van der Waals surface area contributed by atoms with Crippen molar-refractivity contribution in [2.24, 2.45) is 0 Å². The van der Waals surface area contributed by atoms with E-state index in [1.807, 2.05) is 35.2 Å². The first-order valence-electron chi connectivity index (χ1n) is 7.20. The normalized spacial score (nSPS) is 10.8. The molecule has 106 valence electrons. The third kappa shape index (κ3) is 2.97. The van der Waals surface area contributed by atoms with Crippen molar-refractivity contribution >= 4 is 11.6 Å². The molecular formula is C18H19N3. The Morgan fingerprint density at radius 2 is 1.81 bits per heavy atom. The highest BCUT2D eigenvalue weighted by atomic mass is 15.2. The SMILES string of the molecule is CC(C)c1cccc(Nc2nccn2-c2ccccc2)c1. The minimum atomic E-state index is 0.514. The van der Waals surface area contributed by atoms with Crippen molar-refractivity contribution < 1.29 is 0 Å². The molecule has 3 aromatic rings. The van der Waals surface area contributed by atoms with Crippen molar-refractivity contribution in [3.8, 4) is 5.69 Å². The molecule has 0 fully saturated rings. The summed E-state index contributed by atoms with van der Waals surface area (Å²) in [7, 11) is 0. The van der Waals surface area contributed by atoms with Crippen molar-refractivity contribution in [3.05, 3.63) is 72.6 Å². The van der Waals surface area contributed by atoms with Crippen LogP contribution in [0.3, 0.4) is 0 Å². The molecule has 2 aromatic carbocycles. The molecule has 1 heterocycles. The largest absolute Gasteiger partial charge is 0.325 e. The predicted octanol–water partition coefficient (Wildman–Crippen LogP) is 4.74. The van der Waals surface area contributed by atoms with Crippen LogP contribution in [0.4, 0.5) is 11.6 Å². The molecule has 1 N–H and O–H groups in total. The number of hydrogen-bond donors (Lipinski definition) is 1. The quantitative estimate of drug-likeness (QED) is 0.746. The van der Waals surface area contributed by atoms with Gasteiger partial charge in [-0.25, -0.2) is 4.98 Å². The second-order valence-corrected chi connectivity index (χ2v) is 5.36. The number of benzene rings is 2. The van der Waals surface area contributed by atoms with Crippen LogP contribution in [0.25, 0.3) is 5.69 Å². The first kappa shape index (κ1) is 13.4. The van der Waals surface area contributed by atoms with E-state index in [0.717, 1.165) is 17.3 Å². The Balaban J connectivity index is 1.90. The second kappa shape index (κ2) is 5.83. The average Bonchev–Trinajstić information content (AvgIpc) is 2.96. The Hall–Kier alpha value is -2.55. The standard InChI is InChI=1S/C18H19N3/c1-14(2)15-7-6-8-16(13-15)20-18-19-11-12-21(18)17-9-4-3-5-10-17/h3-14H,1-2H3,(H,19,20). The molecular weight excluding hydrogens is 258 g/mol. The zero-order chi connectivity index (χ0) is 14.7. The van der Waals surface area contributed by atoms with E-state index >= 15 is 0 Å². The van der Waals surface area contributed by atoms with Crippen LogP contribution in [-0.4, -0.2) is 9.55 Å². The van der Waals surface area contributed by atoms with E-state index in [1.54, 1.807) is 0 Å². The Morgan fingerprint density at radius 3 is 2.57 bits per heavy atom. The average molecular weight is 277 g/mol. The van der Waals surface area contributed by atoms with Crippen molar-refractivity contribution in [1.82, 2.24) is 9.55 Å². The lowest BCUT2D eigenvalue weighted by atomic mass is 10.0. The summed E-state index contributed by atoms with van der Waals surface area (Å²) >= 11 is 0. The highest BCUT2D eigenvalue weighted by Gasteiger charge is 2.06. The zero-order valence-electron chi connectivity index (χ0n) is 12.3. The van der Waals surface area contributed by atoms with Gasteiger partial charge in [0.2, 0.25) is 5.95 Å². The molecule has 0 aliphatic rings. The van der Waals surface area contributed by atoms with E-state index in [0.29, 0.717) is 5.92 Å². The number of nitrogens with one attached hydrogen (secondary N) is 1. The first-order valence-corrected chi connectivity index (χ1v) is 7.20. The van der Waals surface area contributed by atoms with Crippen molar-refractivity contribution in [3.63, 3.8) is 0 Å². The van der Waals surface area contributed by atoms with Crippen molar-refractivity contribution in [2.45, 2.75) is 19.8 Å². The van der Waals surface area contributed by atoms with Gasteiger partial charge < -0.3 is 5.32 Å². The molecule has 0 aliphatic heterocycles. The lowest BCUT2D eigenvalue weighted by Crippen LogP contribution is -2.01. The molecule has 0 amide bonds. The number of rotatable bonds is 4. The molecule has 0 saturated heterocycles. The van der Waals surface area contributed by atoms with Crippen molar-refractivity contribution in [1.29, 1.82) is 0 Å². The van der Waals surface area contributed by atoms with Gasteiger partial charge in [-0.3, -0.25) is 4.57 Å². The molecule has 0 saturated carbocycles. The van der Waals surface area contributed by atoms with Gasteiger partial charge in [-0.2, -0.15) is 0 Å². The third-order valence-electron chi connectivity index (χ3n) is 3.48. The number of aromatic nitrogens is 2. The van der Waals surface area contributed by atoms with E-state index in [9.17, 15) is 0 Å². The fourth-order valence-corrected chi connectivity index (χ4v) is 2.30. The molecule has 1 aromatic heterocycles. The van der Waals surface area contributed by atoms with Crippen molar-refractivity contribution in [2.75, 3.05) is 5.32 Å². The van der Waals surface area contributed by atoms with Crippen LogP contribution in [0.15, 0.2) is 67.0 Å². The minimum absolute atomic E-state index is 0.514. The summed E-state index contributed by atoms with van der Waals surface area (Å²) < 4.78 is 2.04. The maximum Gasteiger partial charge on any atom is 0.212 e. The molecule has 0 radical (unpaired) electrons. The van der Waals surface area contributed by atoms with Gasteiger partial charge in [0.15, 0.2) is 0 Å². The third-order valence-corrected chi connectivity index (χ3v) is 3.48. The number of nitrogens with zero attached hydrogens (tertiary/aromatic N) is 2. The highest BCUT2D eigenvalue weighted by molar-refractivity contribution is 5.57. The number of imidazole rings is 1. The fourth-order valence-electron chi connectivity index (χ4n) is 2.30.